The Morgan fingerprint density at radius 2 is 1.67 bits per heavy atom. The molecule has 0 saturated heterocycles. The van der Waals surface area contributed by atoms with Gasteiger partial charge in [-0.05, 0) is 22.9 Å². The van der Waals surface area contributed by atoms with Crippen LogP contribution in [-0.4, -0.2) is 0 Å². The number of hydrogen-bond donors (Lipinski definition) is 2. The first-order valence-corrected chi connectivity index (χ1v) is 6.16. The van der Waals surface area contributed by atoms with Crippen LogP contribution in [0.2, 0.25) is 0 Å². The highest BCUT2D eigenvalue weighted by Crippen LogP contribution is 2.31. The van der Waals surface area contributed by atoms with Gasteiger partial charge in [0.05, 0.1) is 0 Å². The molecule has 5 heteroatoms. The lowest BCUT2D eigenvalue weighted by Gasteiger charge is -2.09. The van der Waals surface area contributed by atoms with Crippen molar-refractivity contribution in [1.82, 2.24) is 0 Å². The molecule has 4 N–H and O–H groups in total. The second-order valence-electron chi connectivity index (χ2n) is 3.25. The number of benzene rings is 2. The van der Waals surface area contributed by atoms with Crippen LogP contribution < -0.4 is 15.5 Å². The van der Waals surface area contributed by atoms with Crippen molar-refractivity contribution < 1.29 is 9.09 Å². The molecular weight excluding hydrogens is 211 g/mol. The zero-order valence-electron chi connectivity index (χ0n) is 7.96. The number of fused-ring (bicyclic) bond motifs is 1. The minimum atomic E-state index is -3.47. The molecule has 0 saturated carbocycles. The topological polar surface area (TPSA) is 78.3 Å². The van der Waals surface area contributed by atoms with E-state index in [9.17, 15) is 4.57 Å². The largest absolute Gasteiger partial charge is 0.422 e. The van der Waals surface area contributed by atoms with E-state index in [1.54, 1.807) is 12.1 Å². The SMILES string of the molecule is NP(N)(=O)Oc1ccc2ccccc2c1. The van der Waals surface area contributed by atoms with Gasteiger partial charge in [0.25, 0.3) is 0 Å². The fraction of sp³-hybridized carbons (Fsp3) is 0. The van der Waals surface area contributed by atoms with E-state index in [-0.39, 0.29) is 0 Å². The second-order valence-corrected chi connectivity index (χ2v) is 4.72. The van der Waals surface area contributed by atoms with Gasteiger partial charge < -0.3 is 4.52 Å². The first-order chi connectivity index (χ1) is 7.04. The third-order valence-corrected chi connectivity index (χ3v) is 2.47. The lowest BCUT2D eigenvalue weighted by atomic mass is 10.1. The van der Waals surface area contributed by atoms with Crippen molar-refractivity contribution >= 4 is 18.4 Å². The van der Waals surface area contributed by atoms with Crippen LogP contribution in [0.15, 0.2) is 42.5 Å². The third-order valence-electron chi connectivity index (χ3n) is 1.97. The maximum atomic E-state index is 11.1. The van der Waals surface area contributed by atoms with E-state index in [4.69, 9.17) is 15.5 Å². The number of rotatable bonds is 2. The summed E-state index contributed by atoms with van der Waals surface area (Å²) in [4.78, 5) is 0. The van der Waals surface area contributed by atoms with Crippen molar-refractivity contribution in [3.05, 3.63) is 42.5 Å². The molecule has 2 aromatic carbocycles. The molecule has 0 aliphatic carbocycles. The monoisotopic (exact) mass is 222 g/mol. The Morgan fingerprint density at radius 3 is 2.33 bits per heavy atom. The number of nitrogens with two attached hydrogens (primary N) is 2. The van der Waals surface area contributed by atoms with Gasteiger partial charge in [0, 0.05) is 0 Å². The summed E-state index contributed by atoms with van der Waals surface area (Å²) in [5.74, 6) is 0.419. The molecule has 0 spiro atoms. The van der Waals surface area contributed by atoms with Crippen LogP contribution in [0, 0.1) is 0 Å². The van der Waals surface area contributed by atoms with Crippen molar-refractivity contribution in [2.45, 2.75) is 0 Å². The second kappa shape index (κ2) is 3.66. The Bertz CT molecular complexity index is 536. The Labute approximate surface area is 87.4 Å². The van der Waals surface area contributed by atoms with Crippen molar-refractivity contribution in [2.24, 2.45) is 11.0 Å². The zero-order chi connectivity index (χ0) is 10.9. The van der Waals surface area contributed by atoms with Crippen molar-refractivity contribution in [2.75, 3.05) is 0 Å². The number of hydrogen-bond acceptors (Lipinski definition) is 2. The van der Waals surface area contributed by atoms with Gasteiger partial charge in [-0.3, -0.25) is 0 Å². The molecule has 0 aromatic heterocycles. The maximum Gasteiger partial charge on any atom is 0.385 e. The van der Waals surface area contributed by atoms with Crippen LogP contribution in [0.25, 0.3) is 10.8 Å². The smallest absolute Gasteiger partial charge is 0.385 e. The summed E-state index contributed by atoms with van der Waals surface area (Å²) >= 11 is 0. The molecule has 2 aromatic rings. The third kappa shape index (κ3) is 2.57. The van der Waals surface area contributed by atoms with Gasteiger partial charge in [0.15, 0.2) is 0 Å². The molecule has 2 rings (SSSR count). The highest BCUT2D eigenvalue weighted by atomic mass is 31.2. The molecule has 78 valence electrons. The molecule has 15 heavy (non-hydrogen) atoms. The van der Waals surface area contributed by atoms with Gasteiger partial charge in [-0.2, -0.15) is 0 Å². The minimum Gasteiger partial charge on any atom is -0.422 e. The van der Waals surface area contributed by atoms with Crippen molar-refractivity contribution in [1.29, 1.82) is 0 Å². The molecule has 0 atom stereocenters. The summed E-state index contributed by atoms with van der Waals surface area (Å²) < 4.78 is 16.0. The molecule has 0 radical (unpaired) electrons. The van der Waals surface area contributed by atoms with Gasteiger partial charge in [-0.25, -0.2) is 15.6 Å². The minimum absolute atomic E-state index is 0.419. The van der Waals surface area contributed by atoms with Gasteiger partial charge >= 0.3 is 7.67 Å². The predicted octanol–water partition coefficient (Wildman–Crippen LogP) is 2.24. The highest BCUT2D eigenvalue weighted by Gasteiger charge is 2.10. The Morgan fingerprint density at radius 1 is 1.00 bits per heavy atom. The van der Waals surface area contributed by atoms with E-state index < -0.39 is 7.67 Å². The van der Waals surface area contributed by atoms with Crippen LogP contribution in [-0.2, 0) is 4.57 Å². The van der Waals surface area contributed by atoms with E-state index in [1.165, 1.54) is 0 Å². The fourth-order valence-electron chi connectivity index (χ4n) is 1.39. The molecule has 4 nitrogen and oxygen atoms in total. The summed E-state index contributed by atoms with van der Waals surface area (Å²) in [7, 11) is -3.47. The normalized spacial score (nSPS) is 11.6. The van der Waals surface area contributed by atoms with Crippen molar-refractivity contribution in [3.63, 3.8) is 0 Å². The van der Waals surface area contributed by atoms with E-state index in [0.717, 1.165) is 10.8 Å². The fourth-order valence-corrected chi connectivity index (χ4v) is 1.83. The summed E-state index contributed by atoms with van der Waals surface area (Å²) in [5.41, 5.74) is 10.2. The Hall–Kier alpha value is -1.35. The molecule has 0 amide bonds. The van der Waals surface area contributed by atoms with Gasteiger partial charge in [0.2, 0.25) is 0 Å². The van der Waals surface area contributed by atoms with E-state index in [2.05, 4.69) is 0 Å². The molecule has 0 unspecified atom stereocenters. The quantitative estimate of drug-likeness (QED) is 0.764. The van der Waals surface area contributed by atoms with Gasteiger partial charge in [-0.1, -0.05) is 30.3 Å². The van der Waals surface area contributed by atoms with Crippen LogP contribution in [0.4, 0.5) is 0 Å². The predicted molar refractivity (Wildman–Crippen MR) is 60.6 cm³/mol. The van der Waals surface area contributed by atoms with Crippen LogP contribution >= 0.6 is 7.67 Å². The Balaban J connectivity index is 2.43. The van der Waals surface area contributed by atoms with Gasteiger partial charge in [0.1, 0.15) is 5.75 Å². The first-order valence-electron chi connectivity index (χ1n) is 4.40. The standard InChI is InChI=1S/C10H11N2O2P/c11-15(12,13)14-10-6-5-8-3-1-2-4-9(8)7-10/h1-7H,(H4,11,12,13). The maximum absolute atomic E-state index is 11.1. The van der Waals surface area contributed by atoms with E-state index in [1.807, 2.05) is 30.3 Å². The van der Waals surface area contributed by atoms with E-state index in [0.29, 0.717) is 5.75 Å². The lowest BCUT2D eigenvalue weighted by molar-refractivity contribution is 0.484. The van der Waals surface area contributed by atoms with Gasteiger partial charge in [-0.15, -0.1) is 0 Å². The molecule has 0 fully saturated rings. The lowest BCUT2D eigenvalue weighted by Crippen LogP contribution is -2.10. The summed E-state index contributed by atoms with van der Waals surface area (Å²) in [6, 6.07) is 13.1. The van der Waals surface area contributed by atoms with Crippen LogP contribution in [0.5, 0.6) is 5.75 Å². The van der Waals surface area contributed by atoms with Crippen LogP contribution in [0.1, 0.15) is 0 Å². The average molecular weight is 222 g/mol. The molecule has 0 bridgehead atoms. The van der Waals surface area contributed by atoms with Crippen LogP contribution in [0.3, 0.4) is 0 Å². The zero-order valence-corrected chi connectivity index (χ0v) is 8.85. The molecular formula is C10H11N2O2P. The van der Waals surface area contributed by atoms with Crippen molar-refractivity contribution in [3.8, 4) is 5.75 Å². The average Bonchev–Trinajstić information content (AvgIpc) is 2.15. The summed E-state index contributed by atoms with van der Waals surface area (Å²) in [6.07, 6.45) is 0. The Kier molecular flexibility index (Phi) is 2.49. The molecule has 0 aliphatic heterocycles. The first kappa shape index (κ1) is 10.2. The highest BCUT2D eigenvalue weighted by molar-refractivity contribution is 7.54. The van der Waals surface area contributed by atoms with E-state index >= 15 is 0 Å². The summed E-state index contributed by atoms with van der Waals surface area (Å²) in [5, 5.41) is 2.07. The molecule has 0 aliphatic rings. The summed E-state index contributed by atoms with van der Waals surface area (Å²) in [6.45, 7) is 0. The molecule has 0 heterocycles.